The normalized spacial score (nSPS) is 47.3. The number of carbonyl (C=O) groups excluding carboxylic acids is 1. The minimum absolute atomic E-state index is 0.0505. The van der Waals surface area contributed by atoms with E-state index in [1.165, 1.54) is 0 Å². The van der Waals surface area contributed by atoms with E-state index in [0.29, 0.717) is 6.61 Å². The quantitative estimate of drug-likeness (QED) is 0.514. The molecule has 4 aliphatic heterocycles. The van der Waals surface area contributed by atoms with Gasteiger partial charge in [0.1, 0.15) is 12.7 Å². The summed E-state index contributed by atoms with van der Waals surface area (Å²) in [6.07, 6.45) is 9.89. The molecule has 0 saturated carbocycles. The molecule has 27 heavy (non-hydrogen) atoms. The molecule has 0 amide bonds. The maximum Gasteiger partial charge on any atom is 0.311 e. The Morgan fingerprint density at radius 1 is 1.00 bits per heavy atom. The summed E-state index contributed by atoms with van der Waals surface area (Å²) >= 11 is 0. The van der Waals surface area contributed by atoms with Crippen LogP contribution in [-0.4, -0.2) is 55.5 Å². The Morgan fingerprint density at radius 2 is 1.81 bits per heavy atom. The van der Waals surface area contributed by atoms with Gasteiger partial charge in [-0.2, -0.15) is 0 Å². The van der Waals surface area contributed by atoms with Crippen molar-refractivity contribution in [1.82, 2.24) is 0 Å². The molecule has 0 N–H and O–H groups in total. The predicted octanol–water partition coefficient (Wildman–Crippen LogP) is 3.13. The zero-order valence-corrected chi connectivity index (χ0v) is 16.5. The molecule has 6 atom stereocenters. The fourth-order valence-electron chi connectivity index (χ4n) is 4.97. The van der Waals surface area contributed by atoms with E-state index in [1.54, 1.807) is 0 Å². The Kier molecular flexibility index (Phi) is 5.61. The molecule has 0 aliphatic carbocycles. The Morgan fingerprint density at radius 3 is 2.63 bits per heavy atom. The smallest absolute Gasteiger partial charge is 0.311 e. The second kappa shape index (κ2) is 7.82. The van der Waals surface area contributed by atoms with Crippen molar-refractivity contribution < 1.29 is 28.5 Å². The van der Waals surface area contributed by atoms with E-state index in [4.69, 9.17) is 23.7 Å². The summed E-state index contributed by atoms with van der Waals surface area (Å²) in [4.78, 5) is 12.3. The van der Waals surface area contributed by atoms with Crippen molar-refractivity contribution >= 4 is 5.97 Å². The van der Waals surface area contributed by atoms with E-state index < -0.39 is 5.79 Å². The highest BCUT2D eigenvalue weighted by atomic mass is 16.7. The number of rotatable bonds is 1. The topological polar surface area (TPSA) is 63.2 Å². The van der Waals surface area contributed by atoms with Crippen LogP contribution < -0.4 is 0 Å². The van der Waals surface area contributed by atoms with Crippen LogP contribution in [0.3, 0.4) is 0 Å². The summed E-state index contributed by atoms with van der Waals surface area (Å²) in [6.45, 7) is 5.53. The van der Waals surface area contributed by atoms with Crippen molar-refractivity contribution in [3.05, 3.63) is 12.2 Å². The Hall–Kier alpha value is -0.950. The molecule has 3 saturated heterocycles. The molecule has 3 bridgehead atoms. The van der Waals surface area contributed by atoms with Crippen LogP contribution in [0.15, 0.2) is 12.2 Å². The van der Waals surface area contributed by atoms with Crippen molar-refractivity contribution in [3.63, 3.8) is 0 Å². The monoisotopic (exact) mass is 380 g/mol. The van der Waals surface area contributed by atoms with Crippen LogP contribution in [0.2, 0.25) is 0 Å². The van der Waals surface area contributed by atoms with E-state index in [1.807, 2.05) is 19.1 Å². The van der Waals surface area contributed by atoms with Crippen LogP contribution in [0.25, 0.3) is 0 Å². The fraction of sp³-hybridized carbons (Fsp3) is 0.857. The molecule has 2 unspecified atom stereocenters. The van der Waals surface area contributed by atoms with Gasteiger partial charge >= 0.3 is 5.97 Å². The van der Waals surface area contributed by atoms with E-state index in [-0.39, 0.29) is 42.4 Å². The predicted molar refractivity (Wildman–Crippen MR) is 98.2 cm³/mol. The first kappa shape index (κ1) is 19.4. The maximum atomic E-state index is 12.3. The van der Waals surface area contributed by atoms with E-state index in [9.17, 15) is 4.79 Å². The lowest BCUT2D eigenvalue weighted by Gasteiger charge is -2.42. The van der Waals surface area contributed by atoms with Crippen LogP contribution in [0.1, 0.15) is 58.8 Å². The highest BCUT2D eigenvalue weighted by molar-refractivity contribution is 5.72. The Bertz CT molecular complexity index is 569. The third kappa shape index (κ3) is 3.95. The van der Waals surface area contributed by atoms with Gasteiger partial charge in [-0.05, 0) is 52.0 Å². The lowest BCUT2D eigenvalue weighted by Crippen LogP contribution is -2.51. The average molecular weight is 380 g/mol. The van der Waals surface area contributed by atoms with Crippen LogP contribution in [0.4, 0.5) is 0 Å². The number of esters is 1. The molecular weight excluding hydrogens is 348 g/mol. The van der Waals surface area contributed by atoms with Gasteiger partial charge in [-0.3, -0.25) is 4.79 Å². The zero-order valence-electron chi connectivity index (χ0n) is 16.5. The molecule has 4 rings (SSSR count). The van der Waals surface area contributed by atoms with E-state index in [2.05, 4.69) is 6.92 Å². The second-order valence-corrected chi connectivity index (χ2v) is 8.56. The third-order valence-electron chi connectivity index (χ3n) is 6.57. The van der Waals surface area contributed by atoms with Gasteiger partial charge in [0.05, 0.1) is 30.3 Å². The van der Waals surface area contributed by atoms with Crippen molar-refractivity contribution in [1.29, 1.82) is 0 Å². The molecule has 0 aromatic heterocycles. The van der Waals surface area contributed by atoms with Gasteiger partial charge in [0.2, 0.25) is 0 Å². The molecule has 0 aromatic carbocycles. The molecule has 4 heterocycles. The van der Waals surface area contributed by atoms with Crippen molar-refractivity contribution in [2.75, 3.05) is 19.8 Å². The number of hydrogen-bond acceptors (Lipinski definition) is 6. The number of hydrogen-bond donors (Lipinski definition) is 0. The number of ether oxygens (including phenoxy) is 5. The van der Waals surface area contributed by atoms with Gasteiger partial charge in [0.25, 0.3) is 0 Å². The molecule has 6 nitrogen and oxygen atoms in total. The van der Waals surface area contributed by atoms with Gasteiger partial charge in [-0.1, -0.05) is 6.08 Å². The lowest BCUT2D eigenvalue weighted by atomic mass is 9.89. The zero-order chi connectivity index (χ0) is 18.9. The van der Waals surface area contributed by atoms with Crippen LogP contribution in [-0.2, 0) is 28.5 Å². The highest BCUT2D eigenvalue weighted by Gasteiger charge is 2.53. The summed E-state index contributed by atoms with van der Waals surface area (Å²) in [5, 5.41) is 0. The molecule has 4 aliphatic rings. The molecule has 152 valence electrons. The second-order valence-electron chi connectivity index (χ2n) is 8.56. The minimum Gasteiger partial charge on any atom is -0.461 e. The summed E-state index contributed by atoms with van der Waals surface area (Å²) in [6, 6.07) is 0. The van der Waals surface area contributed by atoms with Crippen LogP contribution in [0.5, 0.6) is 0 Å². The number of carbonyl (C=O) groups is 1. The van der Waals surface area contributed by atoms with Crippen molar-refractivity contribution in [2.24, 2.45) is 5.92 Å². The lowest BCUT2D eigenvalue weighted by molar-refractivity contribution is -0.293. The molecule has 0 radical (unpaired) electrons. The van der Waals surface area contributed by atoms with Crippen molar-refractivity contribution in [2.45, 2.75) is 88.5 Å². The van der Waals surface area contributed by atoms with Gasteiger partial charge < -0.3 is 23.7 Å². The number of cyclic esters (lactones) is 1. The minimum atomic E-state index is -0.599. The first-order valence-electron chi connectivity index (χ1n) is 10.4. The Balaban J connectivity index is 1.58. The molecule has 1 spiro atoms. The summed E-state index contributed by atoms with van der Waals surface area (Å²) < 4.78 is 30.7. The average Bonchev–Trinajstić information content (AvgIpc) is 3.27. The summed E-state index contributed by atoms with van der Waals surface area (Å²) in [5.74, 6) is -1.10. The molecule has 6 heteroatoms. The van der Waals surface area contributed by atoms with Gasteiger partial charge in [0.15, 0.2) is 5.79 Å². The molecule has 3 fully saturated rings. The van der Waals surface area contributed by atoms with E-state index >= 15 is 0 Å². The van der Waals surface area contributed by atoms with E-state index in [0.717, 1.165) is 51.6 Å². The van der Waals surface area contributed by atoms with Crippen molar-refractivity contribution in [3.8, 4) is 0 Å². The SMILES string of the molecule is CC1C(=O)OC/C=C\CO[C@H]([C@]2(C)CCCO2)[C@@H]2CC[C@@]3(CCCC1O3)O2. The summed E-state index contributed by atoms with van der Waals surface area (Å²) in [5.41, 5.74) is -0.324. The van der Waals surface area contributed by atoms with Gasteiger partial charge in [-0.25, -0.2) is 0 Å². The largest absolute Gasteiger partial charge is 0.461 e. The fourth-order valence-corrected chi connectivity index (χ4v) is 4.97. The summed E-state index contributed by atoms with van der Waals surface area (Å²) in [7, 11) is 0. The first-order chi connectivity index (χ1) is 13.0. The first-order valence-corrected chi connectivity index (χ1v) is 10.4. The standard InChI is InChI=1S/C21H32O6/c1-15-16-7-5-10-21(26-16)11-8-17(27-21)18(20(2)9-6-14-25-20)23-12-3-4-13-24-19(15)22/h3-4,15-18H,5-14H2,1-2H3/b4-3-/t15?,16?,17-,18-,20-,21+/m0/s1. The third-order valence-corrected chi connectivity index (χ3v) is 6.57. The Labute approximate surface area is 161 Å². The van der Waals surface area contributed by atoms with Crippen LogP contribution in [0, 0.1) is 5.92 Å². The maximum absolute atomic E-state index is 12.3. The van der Waals surface area contributed by atoms with Gasteiger partial charge in [0, 0.05) is 19.4 Å². The molecule has 0 aromatic rings. The highest BCUT2D eigenvalue weighted by Crippen LogP contribution is 2.46. The molecular formula is C21H32O6. The van der Waals surface area contributed by atoms with Crippen LogP contribution >= 0.6 is 0 Å². The number of fused-ring (bicyclic) bond motifs is 2. The van der Waals surface area contributed by atoms with Gasteiger partial charge in [-0.15, -0.1) is 0 Å².